The molecule has 0 spiro atoms. The third-order valence-electron chi connectivity index (χ3n) is 3.57. The predicted octanol–water partition coefficient (Wildman–Crippen LogP) is 3.51. The van der Waals surface area contributed by atoms with Crippen molar-refractivity contribution < 1.29 is 4.79 Å². The van der Waals surface area contributed by atoms with Crippen LogP contribution >= 0.6 is 11.6 Å². The molecule has 0 atom stereocenters. The van der Waals surface area contributed by atoms with Gasteiger partial charge in [-0.15, -0.1) is 0 Å². The van der Waals surface area contributed by atoms with Gasteiger partial charge in [0.25, 0.3) is 5.91 Å². The normalized spacial score (nSPS) is 10.3. The Balaban J connectivity index is 1.63. The number of nitrogens with zero attached hydrogens (tertiary/aromatic N) is 3. The van der Waals surface area contributed by atoms with E-state index in [1.54, 1.807) is 6.20 Å². The van der Waals surface area contributed by atoms with Crippen molar-refractivity contribution in [2.75, 3.05) is 5.32 Å². The van der Waals surface area contributed by atoms with E-state index in [4.69, 9.17) is 11.6 Å². The minimum absolute atomic E-state index is 0.240. The number of carbonyl (C=O) groups is 1. The molecule has 0 saturated carbocycles. The van der Waals surface area contributed by atoms with Crippen LogP contribution in [0.4, 0.5) is 11.5 Å². The first-order valence-corrected chi connectivity index (χ1v) is 8.03. The summed E-state index contributed by atoms with van der Waals surface area (Å²) in [6, 6.07) is 11.1. The maximum absolute atomic E-state index is 12.1. The van der Waals surface area contributed by atoms with Crippen LogP contribution in [0.5, 0.6) is 0 Å². The monoisotopic (exact) mass is 353 g/mol. The number of nitrogens with one attached hydrogen (secondary N) is 2. The molecule has 25 heavy (non-hydrogen) atoms. The van der Waals surface area contributed by atoms with Gasteiger partial charge in [-0.2, -0.15) is 0 Å². The number of rotatable bonds is 5. The maximum atomic E-state index is 12.1. The molecule has 3 aromatic rings. The summed E-state index contributed by atoms with van der Waals surface area (Å²) >= 11 is 6.10. The van der Waals surface area contributed by atoms with E-state index in [9.17, 15) is 4.79 Å². The van der Waals surface area contributed by atoms with Crippen molar-refractivity contribution in [3.8, 4) is 0 Å². The molecule has 2 N–H and O–H groups in total. The summed E-state index contributed by atoms with van der Waals surface area (Å²) in [5, 5.41) is 6.57. The van der Waals surface area contributed by atoms with E-state index in [0.717, 1.165) is 16.9 Å². The van der Waals surface area contributed by atoms with Gasteiger partial charge in [-0.05, 0) is 36.8 Å². The molecular formula is C18H16ClN5O. The van der Waals surface area contributed by atoms with Crippen LogP contribution in [0.3, 0.4) is 0 Å². The maximum Gasteiger partial charge on any atom is 0.271 e. The molecule has 0 radical (unpaired) electrons. The van der Waals surface area contributed by atoms with E-state index in [1.807, 2.05) is 43.3 Å². The van der Waals surface area contributed by atoms with Crippen LogP contribution in [0, 0.1) is 6.92 Å². The summed E-state index contributed by atoms with van der Waals surface area (Å²) < 4.78 is 0. The van der Waals surface area contributed by atoms with Crippen molar-refractivity contribution in [2.45, 2.75) is 13.5 Å². The minimum atomic E-state index is -0.302. The Morgan fingerprint density at radius 1 is 1.08 bits per heavy atom. The summed E-state index contributed by atoms with van der Waals surface area (Å²) in [5.74, 6) is 0.232. The molecular weight excluding hydrogens is 338 g/mol. The van der Waals surface area contributed by atoms with Crippen molar-refractivity contribution in [2.24, 2.45) is 0 Å². The summed E-state index contributed by atoms with van der Waals surface area (Å²) in [5.41, 5.74) is 2.78. The van der Waals surface area contributed by atoms with Crippen molar-refractivity contribution in [1.82, 2.24) is 20.3 Å². The van der Waals surface area contributed by atoms with E-state index >= 15 is 0 Å². The highest BCUT2D eigenvalue weighted by Gasteiger charge is 2.09. The molecule has 0 bridgehead atoms. The summed E-state index contributed by atoms with van der Waals surface area (Å²) in [6.45, 7) is 2.25. The number of halogens is 1. The third kappa shape index (κ3) is 4.30. The molecule has 7 heteroatoms. The summed E-state index contributed by atoms with van der Waals surface area (Å²) in [6.07, 6.45) is 4.62. The zero-order chi connectivity index (χ0) is 17.6. The molecule has 0 saturated heterocycles. The highest BCUT2D eigenvalue weighted by atomic mass is 35.5. The number of anilines is 2. The van der Waals surface area contributed by atoms with E-state index in [-0.39, 0.29) is 11.6 Å². The van der Waals surface area contributed by atoms with Gasteiger partial charge in [-0.1, -0.05) is 23.7 Å². The second-order valence-electron chi connectivity index (χ2n) is 5.33. The lowest BCUT2D eigenvalue weighted by Crippen LogP contribution is -2.24. The van der Waals surface area contributed by atoms with Gasteiger partial charge in [-0.25, -0.2) is 9.97 Å². The number of carbonyl (C=O) groups excluding carboxylic acids is 1. The van der Waals surface area contributed by atoms with Gasteiger partial charge in [-0.3, -0.25) is 9.78 Å². The predicted molar refractivity (Wildman–Crippen MR) is 96.9 cm³/mol. The largest absolute Gasteiger partial charge is 0.345 e. The topological polar surface area (TPSA) is 79.8 Å². The average molecular weight is 354 g/mol. The van der Waals surface area contributed by atoms with Gasteiger partial charge in [0.05, 0.1) is 24.6 Å². The second-order valence-corrected chi connectivity index (χ2v) is 5.74. The van der Waals surface area contributed by atoms with E-state index in [2.05, 4.69) is 25.6 Å². The summed E-state index contributed by atoms with van der Waals surface area (Å²) in [4.78, 5) is 24.6. The van der Waals surface area contributed by atoms with Crippen LogP contribution < -0.4 is 10.6 Å². The van der Waals surface area contributed by atoms with Crippen molar-refractivity contribution in [1.29, 1.82) is 0 Å². The highest BCUT2D eigenvalue weighted by Crippen LogP contribution is 2.25. The number of hydrogen-bond acceptors (Lipinski definition) is 5. The number of aromatic nitrogens is 3. The lowest BCUT2D eigenvalue weighted by Gasteiger charge is -2.10. The van der Waals surface area contributed by atoms with E-state index in [1.165, 1.54) is 12.4 Å². The average Bonchev–Trinajstić information content (AvgIpc) is 2.65. The molecule has 3 rings (SSSR count). The Bertz CT molecular complexity index is 868. The molecule has 6 nitrogen and oxygen atoms in total. The van der Waals surface area contributed by atoms with Crippen LogP contribution in [-0.2, 0) is 6.54 Å². The van der Waals surface area contributed by atoms with Crippen LogP contribution in [-0.4, -0.2) is 20.9 Å². The van der Waals surface area contributed by atoms with Gasteiger partial charge < -0.3 is 10.6 Å². The molecule has 0 fully saturated rings. The Hall–Kier alpha value is -2.99. The van der Waals surface area contributed by atoms with Crippen molar-refractivity contribution in [3.63, 3.8) is 0 Å². The fourth-order valence-electron chi connectivity index (χ4n) is 2.15. The lowest BCUT2D eigenvalue weighted by molar-refractivity contribution is 0.0945. The number of pyridine rings is 1. The van der Waals surface area contributed by atoms with Gasteiger partial charge in [0.1, 0.15) is 11.5 Å². The molecule has 1 aromatic carbocycles. The molecule has 126 valence electrons. The van der Waals surface area contributed by atoms with Crippen molar-refractivity contribution >= 4 is 29.0 Å². The smallest absolute Gasteiger partial charge is 0.271 e. The van der Waals surface area contributed by atoms with E-state index in [0.29, 0.717) is 17.4 Å². The van der Waals surface area contributed by atoms with Crippen LogP contribution in [0.25, 0.3) is 0 Å². The molecule has 0 aliphatic carbocycles. The number of hydrogen-bond donors (Lipinski definition) is 2. The van der Waals surface area contributed by atoms with Crippen molar-refractivity contribution in [3.05, 3.63) is 77.0 Å². The molecule has 0 aliphatic heterocycles. The Kier molecular flexibility index (Phi) is 5.20. The SMILES string of the molecule is Cc1c(Cl)cccc1Nc1cnc(C(=O)NCc2ccccn2)cn1. The highest BCUT2D eigenvalue weighted by molar-refractivity contribution is 6.31. The zero-order valence-electron chi connectivity index (χ0n) is 13.5. The quantitative estimate of drug-likeness (QED) is 0.733. The van der Waals surface area contributed by atoms with Gasteiger partial charge in [0, 0.05) is 16.9 Å². The second kappa shape index (κ2) is 7.72. The lowest BCUT2D eigenvalue weighted by atomic mass is 10.2. The third-order valence-corrected chi connectivity index (χ3v) is 3.98. The molecule has 2 aromatic heterocycles. The Labute approximate surface area is 150 Å². The summed E-state index contributed by atoms with van der Waals surface area (Å²) in [7, 11) is 0. The first-order valence-electron chi connectivity index (χ1n) is 7.66. The minimum Gasteiger partial charge on any atom is -0.345 e. The molecule has 1 amide bonds. The Morgan fingerprint density at radius 3 is 2.68 bits per heavy atom. The van der Waals surface area contributed by atoms with Gasteiger partial charge >= 0.3 is 0 Å². The Morgan fingerprint density at radius 2 is 1.96 bits per heavy atom. The van der Waals surface area contributed by atoms with Gasteiger partial charge in [0.15, 0.2) is 0 Å². The number of amides is 1. The molecule has 0 aliphatic rings. The molecule has 2 heterocycles. The molecule has 0 unspecified atom stereocenters. The first-order chi connectivity index (χ1) is 12.1. The fourth-order valence-corrected chi connectivity index (χ4v) is 2.33. The fraction of sp³-hybridized carbons (Fsp3) is 0.111. The van der Waals surface area contributed by atoms with Gasteiger partial charge in [0.2, 0.25) is 0 Å². The standard InChI is InChI=1S/C18H16ClN5O/c1-12-14(19)6-4-7-15(12)24-17-11-21-16(10-22-17)18(25)23-9-13-5-2-3-8-20-13/h2-8,10-11H,9H2,1H3,(H,22,24)(H,23,25). The first kappa shape index (κ1) is 16.9. The zero-order valence-corrected chi connectivity index (χ0v) is 14.3. The number of benzene rings is 1. The van der Waals surface area contributed by atoms with Crippen LogP contribution in [0.15, 0.2) is 55.0 Å². The van der Waals surface area contributed by atoms with Crippen LogP contribution in [0.2, 0.25) is 5.02 Å². The van der Waals surface area contributed by atoms with Crippen LogP contribution in [0.1, 0.15) is 21.7 Å². The van der Waals surface area contributed by atoms with E-state index < -0.39 is 0 Å².